The lowest BCUT2D eigenvalue weighted by Gasteiger charge is -2.37. The van der Waals surface area contributed by atoms with E-state index in [1.807, 2.05) is 4.90 Å². The molecule has 0 bridgehead atoms. The molecule has 1 unspecified atom stereocenters. The molecule has 0 saturated carbocycles. The van der Waals surface area contributed by atoms with Crippen LogP contribution < -0.4 is 5.32 Å². The van der Waals surface area contributed by atoms with Crippen LogP contribution in [0, 0.1) is 22.5 Å². The maximum Gasteiger partial charge on any atom is 0.334 e. The Morgan fingerprint density at radius 2 is 1.79 bits per heavy atom. The quantitative estimate of drug-likeness (QED) is 0.223. The first-order valence-electron chi connectivity index (χ1n) is 11.1. The first-order chi connectivity index (χ1) is 15.8. The minimum absolute atomic E-state index is 0.0403. The van der Waals surface area contributed by atoms with Crippen LogP contribution in [-0.4, -0.2) is 39.9 Å². The second-order valence-corrected chi connectivity index (χ2v) is 8.00. The summed E-state index contributed by atoms with van der Waals surface area (Å²) in [6, 6.07) is 5.93. The van der Waals surface area contributed by atoms with Gasteiger partial charge in [0, 0.05) is 35.1 Å². The van der Waals surface area contributed by atoms with Crippen molar-refractivity contribution in [3.63, 3.8) is 0 Å². The first-order valence-corrected chi connectivity index (χ1v) is 11.1. The highest BCUT2D eigenvalue weighted by Crippen LogP contribution is 2.44. The Kier molecular flexibility index (Phi) is 9.22. The molecule has 2 N–H and O–H groups in total. The molecule has 1 amide bonds. The van der Waals surface area contributed by atoms with Gasteiger partial charge < -0.3 is 15.3 Å². The number of hydrogen-bond donors (Lipinski definition) is 2. The molecule has 1 atom stereocenters. The van der Waals surface area contributed by atoms with Crippen LogP contribution in [0.3, 0.4) is 0 Å². The van der Waals surface area contributed by atoms with E-state index in [0.29, 0.717) is 17.9 Å². The molecule has 0 saturated heterocycles. The predicted molar refractivity (Wildman–Crippen MR) is 126 cm³/mol. The average Bonchev–Trinajstić information content (AvgIpc) is 2.78. The van der Waals surface area contributed by atoms with Crippen LogP contribution in [0.1, 0.15) is 64.4 Å². The number of aliphatic carboxylic acids is 1. The van der Waals surface area contributed by atoms with E-state index >= 15 is 0 Å². The lowest BCUT2D eigenvalue weighted by atomic mass is 9.78. The molecule has 33 heavy (non-hydrogen) atoms. The van der Waals surface area contributed by atoms with Crippen molar-refractivity contribution in [3.8, 4) is 12.3 Å². The SMILES string of the molecule is C#CCNC(=O)C1=C(C)N(CCCCCCC)C(C)=C(C(=O)O)C1c1ccccc1[N+](=O)[O-]. The Bertz CT molecular complexity index is 1020. The van der Waals surface area contributed by atoms with Gasteiger partial charge in [-0.25, -0.2) is 4.79 Å². The van der Waals surface area contributed by atoms with Gasteiger partial charge in [0.1, 0.15) is 0 Å². The highest BCUT2D eigenvalue weighted by Gasteiger charge is 2.41. The molecule has 1 aliphatic rings. The molecule has 0 aromatic heterocycles. The van der Waals surface area contributed by atoms with Crippen molar-refractivity contribution >= 4 is 17.6 Å². The van der Waals surface area contributed by atoms with E-state index in [2.05, 4.69) is 18.2 Å². The van der Waals surface area contributed by atoms with Gasteiger partial charge in [0.15, 0.2) is 0 Å². The van der Waals surface area contributed by atoms with Gasteiger partial charge in [0.25, 0.3) is 11.6 Å². The number of carboxylic acid groups (broad SMARTS) is 1. The largest absolute Gasteiger partial charge is 0.478 e. The van der Waals surface area contributed by atoms with Gasteiger partial charge in [-0.3, -0.25) is 14.9 Å². The highest BCUT2D eigenvalue weighted by atomic mass is 16.6. The number of nitro groups is 1. The number of benzene rings is 1. The summed E-state index contributed by atoms with van der Waals surface area (Å²) in [7, 11) is 0. The molecule has 0 radical (unpaired) electrons. The number of carbonyl (C=O) groups is 2. The molecule has 8 heteroatoms. The molecular weight excluding hydrogens is 422 g/mol. The summed E-state index contributed by atoms with van der Waals surface area (Å²) in [5, 5.41) is 24.5. The van der Waals surface area contributed by atoms with Gasteiger partial charge in [-0.15, -0.1) is 6.42 Å². The number of nitro benzene ring substituents is 1. The minimum Gasteiger partial charge on any atom is -0.478 e. The Hall–Kier alpha value is -3.60. The summed E-state index contributed by atoms with van der Waals surface area (Å²) in [5.41, 5.74) is 1.09. The number of rotatable bonds is 11. The van der Waals surface area contributed by atoms with Crippen LogP contribution in [0.4, 0.5) is 5.69 Å². The lowest BCUT2D eigenvalue weighted by molar-refractivity contribution is -0.385. The number of carboxylic acids is 1. The summed E-state index contributed by atoms with van der Waals surface area (Å²) < 4.78 is 0. The highest BCUT2D eigenvalue weighted by molar-refractivity contribution is 6.02. The van der Waals surface area contributed by atoms with Crippen LogP contribution in [0.25, 0.3) is 0 Å². The number of nitrogens with one attached hydrogen (secondary N) is 1. The second-order valence-electron chi connectivity index (χ2n) is 8.00. The number of amides is 1. The van der Waals surface area contributed by atoms with Crippen molar-refractivity contribution in [1.82, 2.24) is 10.2 Å². The van der Waals surface area contributed by atoms with E-state index in [1.165, 1.54) is 18.2 Å². The van der Waals surface area contributed by atoms with Gasteiger partial charge in [0.05, 0.1) is 23.0 Å². The third-order valence-corrected chi connectivity index (χ3v) is 5.92. The van der Waals surface area contributed by atoms with Crippen LogP contribution in [0.2, 0.25) is 0 Å². The van der Waals surface area contributed by atoms with E-state index in [-0.39, 0.29) is 28.9 Å². The molecule has 0 aliphatic carbocycles. The summed E-state index contributed by atoms with van der Waals surface area (Å²) in [5.74, 6) is -0.512. The van der Waals surface area contributed by atoms with Crippen LogP contribution >= 0.6 is 0 Å². The molecule has 1 aromatic carbocycles. The lowest BCUT2D eigenvalue weighted by Crippen LogP contribution is -2.38. The Balaban J connectivity index is 2.65. The number of allylic oxidation sites excluding steroid dienone is 2. The van der Waals surface area contributed by atoms with Gasteiger partial charge in [-0.05, 0) is 20.3 Å². The van der Waals surface area contributed by atoms with Crippen LogP contribution in [0.5, 0.6) is 0 Å². The third-order valence-electron chi connectivity index (χ3n) is 5.92. The van der Waals surface area contributed by atoms with E-state index in [4.69, 9.17) is 6.42 Å². The number of para-hydroxylation sites is 1. The third kappa shape index (κ3) is 5.80. The number of unbranched alkanes of at least 4 members (excludes halogenated alkanes) is 4. The van der Waals surface area contributed by atoms with Crippen LogP contribution in [-0.2, 0) is 9.59 Å². The standard InChI is InChI=1S/C25H31N3O5/c1-5-7-8-9-12-16-27-17(3)21(24(29)26-15-6-2)23(22(18(27)4)25(30)31)19-13-10-11-14-20(19)28(32)33/h2,10-11,13-14,23H,5,7-9,12,15-16H2,1,3-4H3,(H,26,29)(H,30,31). The van der Waals surface area contributed by atoms with Crippen LogP contribution in [0.15, 0.2) is 46.8 Å². The Morgan fingerprint density at radius 1 is 1.15 bits per heavy atom. The van der Waals surface area contributed by atoms with Gasteiger partial charge in [0.2, 0.25) is 0 Å². The maximum absolute atomic E-state index is 13.2. The Labute approximate surface area is 194 Å². The molecule has 0 fully saturated rings. The molecule has 1 aliphatic heterocycles. The van der Waals surface area contributed by atoms with Crippen molar-refractivity contribution in [2.45, 2.75) is 58.8 Å². The smallest absolute Gasteiger partial charge is 0.334 e. The van der Waals surface area contributed by atoms with Crippen molar-refractivity contribution < 1.29 is 19.6 Å². The van der Waals surface area contributed by atoms with E-state index in [1.54, 1.807) is 19.9 Å². The van der Waals surface area contributed by atoms with E-state index in [9.17, 15) is 24.8 Å². The molecule has 1 aromatic rings. The maximum atomic E-state index is 13.2. The van der Waals surface area contributed by atoms with Gasteiger partial charge >= 0.3 is 5.97 Å². The van der Waals surface area contributed by atoms with Crippen molar-refractivity contribution in [3.05, 3.63) is 62.5 Å². The summed E-state index contributed by atoms with van der Waals surface area (Å²) >= 11 is 0. The molecule has 8 nitrogen and oxygen atoms in total. The van der Waals surface area contributed by atoms with Crippen molar-refractivity contribution in [2.24, 2.45) is 0 Å². The fraction of sp³-hybridized carbons (Fsp3) is 0.440. The average molecular weight is 454 g/mol. The molecule has 0 spiro atoms. The van der Waals surface area contributed by atoms with E-state index in [0.717, 1.165) is 32.1 Å². The van der Waals surface area contributed by atoms with Gasteiger partial charge in [-0.2, -0.15) is 0 Å². The molecule has 1 heterocycles. The zero-order chi connectivity index (χ0) is 24.5. The monoisotopic (exact) mass is 453 g/mol. The first kappa shape index (κ1) is 25.7. The predicted octanol–water partition coefficient (Wildman–Crippen LogP) is 4.35. The van der Waals surface area contributed by atoms with E-state index < -0.39 is 22.7 Å². The zero-order valence-electron chi connectivity index (χ0n) is 19.4. The number of hydrogen-bond acceptors (Lipinski definition) is 5. The zero-order valence-corrected chi connectivity index (χ0v) is 19.4. The second kappa shape index (κ2) is 11.9. The Morgan fingerprint density at radius 3 is 2.39 bits per heavy atom. The summed E-state index contributed by atoms with van der Waals surface area (Å²) in [4.78, 5) is 38.6. The topological polar surface area (TPSA) is 113 Å². The normalized spacial score (nSPS) is 15.9. The fourth-order valence-corrected chi connectivity index (χ4v) is 4.32. The van der Waals surface area contributed by atoms with Gasteiger partial charge in [-0.1, -0.05) is 56.7 Å². The molecular formula is C25H31N3O5. The minimum atomic E-state index is -1.22. The van der Waals surface area contributed by atoms with Crippen molar-refractivity contribution in [2.75, 3.05) is 13.1 Å². The summed E-state index contributed by atoms with van der Waals surface area (Å²) in [6.07, 6.45) is 10.4. The number of nitrogens with zero attached hydrogens (tertiary/aromatic N) is 2. The number of terminal acetylenes is 1. The molecule has 2 rings (SSSR count). The summed E-state index contributed by atoms with van der Waals surface area (Å²) in [6.45, 7) is 6.08. The van der Waals surface area contributed by atoms with Crippen molar-refractivity contribution in [1.29, 1.82) is 0 Å². The fourth-order valence-electron chi connectivity index (χ4n) is 4.32. The number of carbonyl (C=O) groups excluding carboxylic acids is 1. The molecule has 176 valence electrons.